The van der Waals surface area contributed by atoms with Gasteiger partial charge in [0.25, 0.3) is 0 Å². The van der Waals surface area contributed by atoms with Crippen molar-refractivity contribution >= 4 is 11.7 Å². The number of nitrogens with zero attached hydrogens (tertiary/aromatic N) is 1. The molecule has 0 saturated carbocycles. The number of phenols is 1. The first kappa shape index (κ1) is 12.9. The fourth-order valence-corrected chi connectivity index (χ4v) is 1.57. The molecule has 19 heavy (non-hydrogen) atoms. The van der Waals surface area contributed by atoms with Crippen LogP contribution in [0.15, 0.2) is 42.6 Å². The highest BCUT2D eigenvalue weighted by Crippen LogP contribution is 2.13. The second-order valence-electron chi connectivity index (χ2n) is 3.94. The van der Waals surface area contributed by atoms with E-state index >= 15 is 0 Å². The fraction of sp³-hybridized carbons (Fsp3) is 0.143. The van der Waals surface area contributed by atoms with E-state index in [1.54, 1.807) is 30.5 Å². The van der Waals surface area contributed by atoms with Gasteiger partial charge in [0.2, 0.25) is 0 Å². The average Bonchev–Trinajstić information content (AvgIpc) is 2.46. The Morgan fingerprint density at radius 3 is 2.74 bits per heavy atom. The lowest BCUT2D eigenvalue weighted by atomic mass is 10.2. The van der Waals surface area contributed by atoms with Crippen molar-refractivity contribution in [1.82, 2.24) is 4.98 Å². The summed E-state index contributed by atoms with van der Waals surface area (Å²) in [6, 6.07) is 10.3. The van der Waals surface area contributed by atoms with Gasteiger partial charge in [-0.2, -0.15) is 0 Å². The Morgan fingerprint density at radius 2 is 2.05 bits per heavy atom. The number of hydrogen-bond donors (Lipinski definition) is 2. The van der Waals surface area contributed by atoms with Crippen molar-refractivity contribution in [3.8, 4) is 5.75 Å². The van der Waals surface area contributed by atoms with E-state index in [-0.39, 0.29) is 11.4 Å². The third-order valence-corrected chi connectivity index (χ3v) is 2.59. The number of methoxy groups -OCH3 is 1. The molecule has 0 spiro atoms. The molecule has 0 aliphatic rings. The topological polar surface area (TPSA) is 71.5 Å². The first-order valence-corrected chi connectivity index (χ1v) is 5.75. The van der Waals surface area contributed by atoms with Crippen LogP contribution >= 0.6 is 0 Å². The quantitative estimate of drug-likeness (QED) is 0.822. The van der Waals surface area contributed by atoms with Crippen LogP contribution in [-0.2, 0) is 11.3 Å². The maximum Gasteiger partial charge on any atom is 0.356 e. The van der Waals surface area contributed by atoms with E-state index in [2.05, 4.69) is 15.0 Å². The Hall–Kier alpha value is -2.56. The molecule has 5 heteroatoms. The molecule has 2 N–H and O–H groups in total. The zero-order valence-corrected chi connectivity index (χ0v) is 10.5. The van der Waals surface area contributed by atoms with E-state index in [1.807, 2.05) is 12.1 Å². The maximum atomic E-state index is 11.3. The van der Waals surface area contributed by atoms with Gasteiger partial charge in [0.15, 0.2) is 0 Å². The molecule has 0 aliphatic carbocycles. The Kier molecular flexibility index (Phi) is 3.97. The molecule has 2 aromatic rings. The normalized spacial score (nSPS) is 9.95. The minimum Gasteiger partial charge on any atom is -0.508 e. The Labute approximate surface area is 110 Å². The van der Waals surface area contributed by atoms with Gasteiger partial charge in [0.1, 0.15) is 11.4 Å². The summed E-state index contributed by atoms with van der Waals surface area (Å²) in [7, 11) is 1.32. The fourth-order valence-electron chi connectivity index (χ4n) is 1.57. The van der Waals surface area contributed by atoms with Crippen molar-refractivity contribution in [1.29, 1.82) is 0 Å². The van der Waals surface area contributed by atoms with E-state index in [0.717, 1.165) is 11.3 Å². The predicted octanol–water partition coefficient (Wildman–Crippen LogP) is 2.19. The highest BCUT2D eigenvalue weighted by Gasteiger charge is 2.07. The number of phenolic OH excluding ortho intramolecular Hbond substituents is 1. The lowest BCUT2D eigenvalue weighted by molar-refractivity contribution is 0.0594. The second-order valence-corrected chi connectivity index (χ2v) is 3.94. The van der Waals surface area contributed by atoms with Crippen LogP contribution in [-0.4, -0.2) is 23.2 Å². The lowest BCUT2D eigenvalue weighted by Crippen LogP contribution is -2.06. The predicted molar refractivity (Wildman–Crippen MR) is 71.0 cm³/mol. The lowest BCUT2D eigenvalue weighted by Gasteiger charge is -2.07. The molecule has 0 unspecified atom stereocenters. The average molecular weight is 258 g/mol. The van der Waals surface area contributed by atoms with Crippen molar-refractivity contribution < 1.29 is 14.6 Å². The number of carbonyl (C=O) groups excluding carboxylic acids is 1. The van der Waals surface area contributed by atoms with Crippen molar-refractivity contribution in [2.75, 3.05) is 12.4 Å². The van der Waals surface area contributed by atoms with E-state index in [0.29, 0.717) is 6.54 Å². The van der Waals surface area contributed by atoms with Gasteiger partial charge >= 0.3 is 5.97 Å². The molecule has 0 bridgehead atoms. The van der Waals surface area contributed by atoms with Crippen LogP contribution in [0, 0.1) is 0 Å². The van der Waals surface area contributed by atoms with Gasteiger partial charge in [-0.15, -0.1) is 0 Å². The standard InChI is InChI=1S/C14H14N2O3/c1-19-14(18)13-8-11(6-7-15-13)16-9-10-2-4-12(17)5-3-10/h2-8,17H,9H2,1H3,(H,15,16). The maximum absolute atomic E-state index is 11.3. The van der Waals surface area contributed by atoms with Crippen molar-refractivity contribution in [3.05, 3.63) is 53.9 Å². The first-order valence-electron chi connectivity index (χ1n) is 5.75. The van der Waals surface area contributed by atoms with Crippen LogP contribution in [0.5, 0.6) is 5.75 Å². The van der Waals surface area contributed by atoms with E-state index < -0.39 is 5.97 Å². The van der Waals surface area contributed by atoms with E-state index in [4.69, 9.17) is 0 Å². The number of carbonyl (C=O) groups is 1. The van der Waals surface area contributed by atoms with Crippen LogP contribution < -0.4 is 5.32 Å². The third kappa shape index (κ3) is 3.45. The molecule has 1 aromatic heterocycles. The number of hydrogen-bond acceptors (Lipinski definition) is 5. The van der Waals surface area contributed by atoms with E-state index in [1.165, 1.54) is 7.11 Å². The number of esters is 1. The molecule has 0 fully saturated rings. The number of aromatic hydroxyl groups is 1. The summed E-state index contributed by atoms with van der Waals surface area (Å²) in [4.78, 5) is 15.3. The smallest absolute Gasteiger partial charge is 0.356 e. The molecule has 2 rings (SSSR count). The summed E-state index contributed by atoms with van der Waals surface area (Å²) in [5.74, 6) is -0.228. The van der Waals surface area contributed by atoms with Gasteiger partial charge in [-0.25, -0.2) is 9.78 Å². The Morgan fingerprint density at radius 1 is 1.32 bits per heavy atom. The summed E-state index contributed by atoms with van der Waals surface area (Å²) in [5, 5.41) is 12.4. The summed E-state index contributed by atoms with van der Waals surface area (Å²) >= 11 is 0. The molecule has 0 aliphatic heterocycles. The second kappa shape index (κ2) is 5.86. The molecular formula is C14H14N2O3. The summed E-state index contributed by atoms with van der Waals surface area (Å²) < 4.78 is 4.61. The first-order chi connectivity index (χ1) is 9.19. The number of rotatable bonds is 4. The number of aromatic nitrogens is 1. The summed E-state index contributed by atoms with van der Waals surface area (Å²) in [5.41, 5.74) is 2.07. The van der Waals surface area contributed by atoms with Crippen molar-refractivity contribution in [2.24, 2.45) is 0 Å². The monoisotopic (exact) mass is 258 g/mol. The minimum absolute atomic E-state index is 0.237. The molecule has 98 valence electrons. The van der Waals surface area contributed by atoms with Crippen molar-refractivity contribution in [2.45, 2.75) is 6.54 Å². The van der Waals surface area contributed by atoms with Gasteiger partial charge < -0.3 is 15.2 Å². The van der Waals surface area contributed by atoms with Crippen LogP contribution in [0.2, 0.25) is 0 Å². The molecule has 0 amide bonds. The molecule has 0 saturated heterocycles. The largest absolute Gasteiger partial charge is 0.508 e. The number of nitrogens with one attached hydrogen (secondary N) is 1. The van der Waals surface area contributed by atoms with Gasteiger partial charge in [0.05, 0.1) is 7.11 Å². The van der Waals surface area contributed by atoms with Gasteiger partial charge in [0, 0.05) is 18.4 Å². The third-order valence-electron chi connectivity index (χ3n) is 2.59. The Bertz CT molecular complexity index is 567. The number of pyridine rings is 1. The zero-order chi connectivity index (χ0) is 13.7. The molecule has 1 aromatic carbocycles. The van der Waals surface area contributed by atoms with Gasteiger partial charge in [-0.1, -0.05) is 12.1 Å². The van der Waals surface area contributed by atoms with Crippen LogP contribution in [0.25, 0.3) is 0 Å². The number of ether oxygens (including phenoxy) is 1. The molecule has 0 atom stereocenters. The van der Waals surface area contributed by atoms with Crippen molar-refractivity contribution in [3.63, 3.8) is 0 Å². The number of benzene rings is 1. The van der Waals surface area contributed by atoms with Gasteiger partial charge in [-0.05, 0) is 29.8 Å². The molecule has 0 radical (unpaired) electrons. The summed E-state index contributed by atoms with van der Waals surface area (Å²) in [6.07, 6.45) is 1.55. The SMILES string of the molecule is COC(=O)c1cc(NCc2ccc(O)cc2)ccn1. The zero-order valence-electron chi connectivity index (χ0n) is 10.5. The summed E-state index contributed by atoms with van der Waals surface area (Å²) in [6.45, 7) is 0.588. The molecule has 5 nitrogen and oxygen atoms in total. The van der Waals surface area contributed by atoms with Crippen LogP contribution in [0.3, 0.4) is 0 Å². The highest BCUT2D eigenvalue weighted by atomic mass is 16.5. The van der Waals surface area contributed by atoms with Crippen LogP contribution in [0.1, 0.15) is 16.1 Å². The van der Waals surface area contributed by atoms with Crippen LogP contribution in [0.4, 0.5) is 5.69 Å². The van der Waals surface area contributed by atoms with Gasteiger partial charge in [-0.3, -0.25) is 0 Å². The van der Waals surface area contributed by atoms with E-state index in [9.17, 15) is 9.90 Å². The minimum atomic E-state index is -0.465. The number of anilines is 1. The Balaban J connectivity index is 2.03. The highest BCUT2D eigenvalue weighted by molar-refractivity contribution is 5.88. The molecule has 1 heterocycles. The molecular weight excluding hydrogens is 244 g/mol.